The summed E-state index contributed by atoms with van der Waals surface area (Å²) in [4.78, 5) is 13.4. The van der Waals surface area contributed by atoms with Crippen LogP contribution in [0.15, 0.2) is 61.2 Å². The van der Waals surface area contributed by atoms with Crippen LogP contribution in [-0.2, 0) is 0 Å². The highest BCUT2D eigenvalue weighted by Crippen LogP contribution is 2.28. The van der Waals surface area contributed by atoms with Gasteiger partial charge in [-0.15, -0.1) is 5.10 Å². The van der Waals surface area contributed by atoms with Gasteiger partial charge >= 0.3 is 0 Å². The third-order valence-corrected chi connectivity index (χ3v) is 5.44. The number of halogens is 1. The number of pyridine rings is 1. The van der Waals surface area contributed by atoms with Gasteiger partial charge < -0.3 is 10.5 Å². The quantitative estimate of drug-likeness (QED) is 0.424. The van der Waals surface area contributed by atoms with Crippen LogP contribution in [0.2, 0.25) is 0 Å². The van der Waals surface area contributed by atoms with Crippen LogP contribution in [0.5, 0.6) is 5.75 Å². The lowest BCUT2D eigenvalue weighted by molar-refractivity contribution is 0.416. The summed E-state index contributed by atoms with van der Waals surface area (Å²) < 4.78 is 22.1. The molecule has 5 aromatic rings. The number of hydrogen-bond donors (Lipinski definition) is 1. The van der Waals surface area contributed by atoms with Gasteiger partial charge in [-0.05, 0) is 36.2 Å². The second-order valence-electron chi connectivity index (χ2n) is 7.47. The number of ether oxygens (including phenoxy) is 1. The molecular weight excluding hydrogens is 423 g/mol. The lowest BCUT2D eigenvalue weighted by atomic mass is 10.0. The van der Waals surface area contributed by atoms with E-state index in [-0.39, 0.29) is 17.8 Å². The molecule has 0 saturated heterocycles. The number of nitrogen functional groups attached to an aromatic ring is 1. The molecule has 2 N–H and O–H groups in total. The lowest BCUT2D eigenvalue weighted by Gasteiger charge is -2.16. The summed E-state index contributed by atoms with van der Waals surface area (Å²) in [5.74, 6) is 0.431. The van der Waals surface area contributed by atoms with Gasteiger partial charge in [-0.1, -0.05) is 19.1 Å². The van der Waals surface area contributed by atoms with E-state index in [1.807, 2.05) is 16.9 Å². The summed E-state index contributed by atoms with van der Waals surface area (Å²) in [6, 6.07) is 10.1. The number of methoxy groups -OCH3 is 1. The molecule has 0 aliphatic carbocycles. The van der Waals surface area contributed by atoms with Crippen LogP contribution in [0, 0.1) is 5.82 Å². The Kier molecular flexibility index (Phi) is 5.17. The number of hydrogen-bond acceptors (Lipinski definition) is 7. The molecule has 0 aliphatic rings. The van der Waals surface area contributed by atoms with Gasteiger partial charge in [-0.25, -0.2) is 13.9 Å². The molecule has 0 amide bonds. The number of fused-ring (bicyclic) bond motifs is 1. The van der Waals surface area contributed by atoms with Gasteiger partial charge in [0, 0.05) is 11.8 Å². The predicted molar refractivity (Wildman–Crippen MR) is 121 cm³/mol. The van der Waals surface area contributed by atoms with Gasteiger partial charge in [0.2, 0.25) is 5.95 Å². The van der Waals surface area contributed by atoms with E-state index in [2.05, 4.69) is 27.1 Å². The van der Waals surface area contributed by atoms with Gasteiger partial charge in [-0.2, -0.15) is 10.1 Å². The highest BCUT2D eigenvalue weighted by Gasteiger charge is 2.17. The third-order valence-electron chi connectivity index (χ3n) is 5.44. The largest absolute Gasteiger partial charge is 0.493 e. The molecule has 4 aromatic heterocycles. The molecule has 1 aromatic carbocycles. The number of nitrogens with zero attached hydrogens (tertiary/aromatic N) is 7. The van der Waals surface area contributed by atoms with E-state index in [0.717, 1.165) is 17.5 Å². The Morgan fingerprint density at radius 3 is 2.58 bits per heavy atom. The predicted octanol–water partition coefficient (Wildman–Crippen LogP) is 3.78. The van der Waals surface area contributed by atoms with Crippen LogP contribution in [0.3, 0.4) is 0 Å². The molecule has 0 fully saturated rings. The monoisotopic (exact) mass is 444 g/mol. The van der Waals surface area contributed by atoms with Crippen molar-refractivity contribution in [3.05, 3.63) is 72.6 Å². The zero-order chi connectivity index (χ0) is 22.9. The Balaban J connectivity index is 1.52. The molecule has 1 unspecified atom stereocenters. The van der Waals surface area contributed by atoms with Crippen LogP contribution >= 0.6 is 0 Å². The van der Waals surface area contributed by atoms with Gasteiger partial charge in [0.15, 0.2) is 11.4 Å². The first-order valence-corrected chi connectivity index (χ1v) is 10.4. The van der Waals surface area contributed by atoms with E-state index in [1.54, 1.807) is 48.4 Å². The summed E-state index contributed by atoms with van der Waals surface area (Å²) in [6.07, 6.45) is 7.80. The first-order valence-electron chi connectivity index (χ1n) is 10.4. The Labute approximate surface area is 188 Å². The Morgan fingerprint density at radius 2 is 1.82 bits per heavy atom. The second-order valence-corrected chi connectivity index (χ2v) is 7.47. The second kappa shape index (κ2) is 8.30. The molecule has 5 rings (SSSR count). The van der Waals surface area contributed by atoms with Crippen molar-refractivity contribution in [1.82, 2.24) is 34.3 Å². The van der Waals surface area contributed by atoms with E-state index in [1.165, 1.54) is 12.1 Å². The van der Waals surface area contributed by atoms with Gasteiger partial charge in [-0.3, -0.25) is 9.67 Å². The molecule has 0 saturated carbocycles. The van der Waals surface area contributed by atoms with Gasteiger partial charge in [0.25, 0.3) is 0 Å². The van der Waals surface area contributed by atoms with Crippen LogP contribution in [-0.4, -0.2) is 41.5 Å². The number of aromatic nitrogens is 7. The van der Waals surface area contributed by atoms with Crippen molar-refractivity contribution in [2.45, 2.75) is 19.4 Å². The minimum absolute atomic E-state index is 0.0187. The summed E-state index contributed by atoms with van der Waals surface area (Å²) >= 11 is 0. The molecule has 33 heavy (non-hydrogen) atoms. The zero-order valence-corrected chi connectivity index (χ0v) is 18.1. The average molecular weight is 444 g/mol. The van der Waals surface area contributed by atoms with Crippen molar-refractivity contribution < 1.29 is 9.13 Å². The zero-order valence-electron chi connectivity index (χ0n) is 18.1. The number of nitrogens with two attached hydrogens (primary N) is 1. The highest BCUT2D eigenvalue weighted by atomic mass is 19.1. The van der Waals surface area contributed by atoms with Crippen molar-refractivity contribution in [1.29, 1.82) is 0 Å². The van der Waals surface area contributed by atoms with Crippen LogP contribution in [0.1, 0.15) is 24.9 Å². The maximum Gasteiger partial charge on any atom is 0.240 e. The molecular formula is C23H21FN8O. The molecule has 1 atom stereocenters. The highest BCUT2D eigenvalue weighted by molar-refractivity contribution is 5.67. The van der Waals surface area contributed by atoms with Crippen molar-refractivity contribution >= 4 is 11.6 Å². The summed E-state index contributed by atoms with van der Waals surface area (Å²) in [7, 11) is 1.56. The van der Waals surface area contributed by atoms with E-state index in [4.69, 9.17) is 15.5 Å². The van der Waals surface area contributed by atoms with Gasteiger partial charge in [0.1, 0.15) is 11.5 Å². The molecule has 0 radical (unpaired) electrons. The summed E-state index contributed by atoms with van der Waals surface area (Å²) in [5, 5.41) is 8.81. The normalized spacial score (nSPS) is 12.2. The number of benzene rings is 1. The minimum Gasteiger partial charge on any atom is -0.493 e. The van der Waals surface area contributed by atoms with E-state index < -0.39 is 0 Å². The maximum atomic E-state index is 13.3. The summed E-state index contributed by atoms with van der Waals surface area (Å²) in [5.41, 5.74) is 10.0. The Hall–Kier alpha value is -4.34. The van der Waals surface area contributed by atoms with E-state index in [0.29, 0.717) is 28.5 Å². The van der Waals surface area contributed by atoms with Crippen LogP contribution < -0.4 is 10.5 Å². The fraction of sp³-hybridized carbons (Fsp3) is 0.174. The first-order chi connectivity index (χ1) is 16.1. The lowest BCUT2D eigenvalue weighted by Crippen LogP contribution is -2.10. The number of anilines is 1. The van der Waals surface area contributed by atoms with Crippen molar-refractivity contribution in [2.24, 2.45) is 0 Å². The Bertz CT molecular complexity index is 1430. The molecule has 166 valence electrons. The molecule has 0 aliphatic heterocycles. The molecule has 0 bridgehead atoms. The topological polar surface area (TPSA) is 109 Å². The maximum absolute atomic E-state index is 13.3. The molecule has 10 heteroatoms. The standard InChI is InChI=1S/C23H21FN8O/c1-3-19(14-4-6-16(24)7-5-14)31-13-15(10-27-31)17-11-26-12-18(28-17)20-8-9-21(33-2)22-29-23(25)30-32(20)22/h4-13,19H,3H2,1-2H3,(H2,25,30). The fourth-order valence-electron chi connectivity index (χ4n) is 3.84. The van der Waals surface area contributed by atoms with E-state index >= 15 is 0 Å². The van der Waals surface area contributed by atoms with Crippen molar-refractivity contribution in [3.8, 4) is 28.4 Å². The third kappa shape index (κ3) is 3.75. The SMILES string of the molecule is CCC(c1ccc(F)cc1)n1cc(-c2cncc(-c3ccc(OC)c4nc(N)nn34)n2)cn1. The van der Waals surface area contributed by atoms with Gasteiger partial charge in [0.05, 0.1) is 43.1 Å². The summed E-state index contributed by atoms with van der Waals surface area (Å²) in [6.45, 7) is 2.06. The minimum atomic E-state index is -0.261. The smallest absolute Gasteiger partial charge is 0.240 e. The molecule has 4 heterocycles. The molecule has 0 spiro atoms. The van der Waals surface area contributed by atoms with Crippen molar-refractivity contribution in [2.75, 3.05) is 12.8 Å². The fourth-order valence-corrected chi connectivity index (χ4v) is 3.84. The first kappa shape index (κ1) is 20.6. The average Bonchev–Trinajstić information content (AvgIpc) is 3.47. The van der Waals surface area contributed by atoms with Crippen LogP contribution in [0.4, 0.5) is 10.3 Å². The number of rotatable bonds is 6. The van der Waals surface area contributed by atoms with E-state index in [9.17, 15) is 4.39 Å². The van der Waals surface area contributed by atoms with Crippen molar-refractivity contribution in [3.63, 3.8) is 0 Å². The van der Waals surface area contributed by atoms with Crippen LogP contribution in [0.25, 0.3) is 28.3 Å². The Morgan fingerprint density at radius 1 is 1.03 bits per heavy atom. The molecule has 9 nitrogen and oxygen atoms in total.